The highest BCUT2D eigenvalue weighted by atomic mass is 79.9. The molecule has 126 valence electrons. The molecule has 1 N–H and O–H groups in total. The van der Waals surface area contributed by atoms with Crippen LogP contribution in [-0.2, 0) is 9.59 Å². The Balaban J connectivity index is 1.95. The molecule has 25 heavy (non-hydrogen) atoms. The number of halogens is 2. The van der Waals surface area contributed by atoms with Crippen LogP contribution in [0, 0.1) is 10.1 Å². The number of amides is 2. The molecule has 0 bridgehead atoms. The molecular formula is C16H9Br2N3O4. The topological polar surface area (TPSA) is 92.6 Å². The van der Waals surface area contributed by atoms with Gasteiger partial charge in [-0.05, 0) is 57.9 Å². The summed E-state index contributed by atoms with van der Waals surface area (Å²) in [5.74, 6) is -1.10. The third-order valence-corrected chi connectivity index (χ3v) is 4.65. The van der Waals surface area contributed by atoms with Gasteiger partial charge in [-0.25, -0.2) is 5.01 Å². The standard InChI is InChI=1S/C16H9Br2N3O4/c17-10-2-4-11(5-3-10)20-16(23)12(15(22)19-20)7-9-1-6-13(18)14(8-9)21(24)25/h1-8H,(H,19,22)/b12-7-. The smallest absolute Gasteiger partial charge is 0.267 e. The van der Waals surface area contributed by atoms with Crippen LogP contribution in [0.15, 0.2) is 57.0 Å². The lowest BCUT2D eigenvalue weighted by Gasteiger charge is -2.14. The molecular weight excluding hydrogens is 458 g/mol. The molecule has 0 aliphatic carbocycles. The lowest BCUT2D eigenvalue weighted by Crippen LogP contribution is -2.35. The summed E-state index contributed by atoms with van der Waals surface area (Å²) in [6, 6.07) is 11.2. The summed E-state index contributed by atoms with van der Waals surface area (Å²) < 4.78 is 1.16. The first-order valence-electron chi connectivity index (χ1n) is 6.93. The molecule has 9 heteroatoms. The van der Waals surface area contributed by atoms with Crippen LogP contribution >= 0.6 is 31.9 Å². The number of nitro groups is 1. The van der Waals surface area contributed by atoms with Gasteiger partial charge in [0.15, 0.2) is 0 Å². The van der Waals surface area contributed by atoms with Crippen LogP contribution < -0.4 is 10.4 Å². The van der Waals surface area contributed by atoms with Gasteiger partial charge in [-0.15, -0.1) is 0 Å². The van der Waals surface area contributed by atoms with E-state index in [1.165, 1.54) is 18.2 Å². The van der Waals surface area contributed by atoms with Crippen molar-refractivity contribution in [3.63, 3.8) is 0 Å². The molecule has 0 spiro atoms. The van der Waals surface area contributed by atoms with Crippen molar-refractivity contribution < 1.29 is 14.5 Å². The molecule has 2 aromatic carbocycles. The highest BCUT2D eigenvalue weighted by Gasteiger charge is 2.34. The maximum atomic E-state index is 12.5. The average molecular weight is 467 g/mol. The first-order valence-corrected chi connectivity index (χ1v) is 8.52. The Morgan fingerprint density at radius 3 is 2.40 bits per heavy atom. The van der Waals surface area contributed by atoms with Crippen LogP contribution in [0.25, 0.3) is 6.08 Å². The summed E-state index contributed by atoms with van der Waals surface area (Å²) >= 11 is 6.39. The Morgan fingerprint density at radius 1 is 1.08 bits per heavy atom. The van der Waals surface area contributed by atoms with Crippen molar-refractivity contribution >= 4 is 61.1 Å². The molecule has 1 fully saturated rings. The lowest BCUT2D eigenvalue weighted by atomic mass is 10.1. The van der Waals surface area contributed by atoms with Gasteiger partial charge in [0.1, 0.15) is 5.57 Å². The summed E-state index contributed by atoms with van der Waals surface area (Å²) in [7, 11) is 0. The second-order valence-electron chi connectivity index (χ2n) is 5.08. The van der Waals surface area contributed by atoms with Crippen molar-refractivity contribution in [2.45, 2.75) is 0 Å². The molecule has 1 aliphatic heterocycles. The number of anilines is 1. The first kappa shape index (κ1) is 17.3. The fraction of sp³-hybridized carbons (Fsp3) is 0. The molecule has 7 nitrogen and oxygen atoms in total. The first-order chi connectivity index (χ1) is 11.9. The van der Waals surface area contributed by atoms with Gasteiger partial charge in [-0.2, -0.15) is 0 Å². The number of carbonyl (C=O) groups is 2. The van der Waals surface area contributed by atoms with Crippen LogP contribution in [0.1, 0.15) is 5.56 Å². The minimum Gasteiger partial charge on any atom is -0.267 e. The van der Waals surface area contributed by atoms with Crippen LogP contribution in [-0.4, -0.2) is 16.7 Å². The van der Waals surface area contributed by atoms with Crippen molar-refractivity contribution in [2.24, 2.45) is 0 Å². The summed E-state index contributed by atoms with van der Waals surface area (Å²) in [5.41, 5.74) is 3.12. The average Bonchev–Trinajstić information content (AvgIpc) is 2.85. The predicted octanol–water partition coefficient (Wildman–Crippen LogP) is 3.58. The number of rotatable bonds is 3. The molecule has 0 atom stereocenters. The normalized spacial score (nSPS) is 15.6. The molecule has 1 aliphatic rings. The molecule has 2 amide bonds. The Hall–Kier alpha value is -2.52. The zero-order valence-corrected chi connectivity index (χ0v) is 15.6. The van der Waals surface area contributed by atoms with E-state index < -0.39 is 16.7 Å². The molecule has 1 heterocycles. The Kier molecular flexibility index (Phi) is 4.69. The van der Waals surface area contributed by atoms with Gasteiger partial charge >= 0.3 is 0 Å². The minimum atomic E-state index is -0.571. The van der Waals surface area contributed by atoms with Crippen LogP contribution in [0.5, 0.6) is 0 Å². The van der Waals surface area contributed by atoms with E-state index in [2.05, 4.69) is 37.3 Å². The van der Waals surface area contributed by atoms with Gasteiger partial charge in [-0.1, -0.05) is 22.0 Å². The van der Waals surface area contributed by atoms with Gasteiger partial charge < -0.3 is 0 Å². The highest BCUT2D eigenvalue weighted by Crippen LogP contribution is 2.28. The van der Waals surface area contributed by atoms with E-state index in [0.29, 0.717) is 15.7 Å². The SMILES string of the molecule is O=C1NN(c2ccc(Br)cc2)C(=O)/C1=C\c1ccc(Br)c([N+](=O)[O-])c1. The number of nitrogens with zero attached hydrogens (tertiary/aromatic N) is 2. The summed E-state index contributed by atoms with van der Waals surface area (Å²) in [6.45, 7) is 0. The largest absolute Gasteiger partial charge is 0.284 e. The van der Waals surface area contributed by atoms with Crippen molar-refractivity contribution in [3.05, 3.63) is 72.7 Å². The predicted molar refractivity (Wildman–Crippen MR) is 98.5 cm³/mol. The van der Waals surface area contributed by atoms with Crippen LogP contribution in [0.4, 0.5) is 11.4 Å². The van der Waals surface area contributed by atoms with E-state index >= 15 is 0 Å². The summed E-state index contributed by atoms with van der Waals surface area (Å²) in [5, 5.41) is 12.1. The van der Waals surface area contributed by atoms with Gasteiger partial charge in [0.2, 0.25) is 0 Å². The number of hydrogen-bond donors (Lipinski definition) is 1. The maximum absolute atomic E-state index is 12.5. The Morgan fingerprint density at radius 2 is 1.76 bits per heavy atom. The van der Waals surface area contributed by atoms with Gasteiger partial charge in [0, 0.05) is 10.5 Å². The van der Waals surface area contributed by atoms with Gasteiger partial charge in [-0.3, -0.25) is 25.1 Å². The van der Waals surface area contributed by atoms with Crippen LogP contribution in [0.3, 0.4) is 0 Å². The minimum absolute atomic E-state index is 0.0976. The molecule has 1 saturated heterocycles. The fourth-order valence-corrected chi connectivity index (χ4v) is 2.91. The number of hydrazine groups is 1. The third-order valence-electron chi connectivity index (χ3n) is 3.45. The Labute approximate surface area is 158 Å². The van der Waals surface area contributed by atoms with Crippen molar-refractivity contribution in [1.82, 2.24) is 5.43 Å². The summed E-state index contributed by atoms with van der Waals surface area (Å²) in [6.07, 6.45) is 1.33. The second kappa shape index (κ2) is 6.77. The lowest BCUT2D eigenvalue weighted by molar-refractivity contribution is -0.385. The number of nitro benzene ring substituents is 1. The van der Waals surface area contributed by atoms with Crippen molar-refractivity contribution in [1.29, 1.82) is 0 Å². The number of hydrogen-bond acceptors (Lipinski definition) is 4. The van der Waals surface area contributed by atoms with E-state index in [9.17, 15) is 19.7 Å². The van der Waals surface area contributed by atoms with E-state index in [4.69, 9.17) is 0 Å². The van der Waals surface area contributed by atoms with Gasteiger partial charge in [0.05, 0.1) is 15.1 Å². The zero-order valence-electron chi connectivity index (χ0n) is 12.4. The number of nitrogens with one attached hydrogen (secondary N) is 1. The fourth-order valence-electron chi connectivity index (χ4n) is 2.26. The highest BCUT2D eigenvalue weighted by molar-refractivity contribution is 9.10. The van der Waals surface area contributed by atoms with Crippen LogP contribution in [0.2, 0.25) is 0 Å². The number of benzene rings is 2. The van der Waals surface area contributed by atoms with E-state index in [0.717, 1.165) is 9.48 Å². The Bertz CT molecular complexity index is 925. The molecule has 0 aromatic heterocycles. The molecule has 0 unspecified atom stereocenters. The van der Waals surface area contributed by atoms with E-state index in [-0.39, 0.29) is 11.3 Å². The number of carbonyl (C=O) groups excluding carboxylic acids is 2. The van der Waals surface area contributed by atoms with Crippen molar-refractivity contribution in [3.8, 4) is 0 Å². The summed E-state index contributed by atoms with van der Waals surface area (Å²) in [4.78, 5) is 35.1. The van der Waals surface area contributed by atoms with Gasteiger partial charge in [0.25, 0.3) is 17.5 Å². The second-order valence-corrected chi connectivity index (χ2v) is 6.85. The molecule has 2 aromatic rings. The zero-order chi connectivity index (χ0) is 18.1. The molecule has 0 saturated carbocycles. The quantitative estimate of drug-likeness (QED) is 0.324. The molecule has 0 radical (unpaired) electrons. The van der Waals surface area contributed by atoms with E-state index in [1.54, 1.807) is 30.3 Å². The van der Waals surface area contributed by atoms with Crippen molar-refractivity contribution in [2.75, 3.05) is 5.01 Å². The third kappa shape index (κ3) is 3.47. The molecule has 3 rings (SSSR count). The maximum Gasteiger partial charge on any atom is 0.284 e. The van der Waals surface area contributed by atoms with E-state index in [1.807, 2.05) is 0 Å². The monoisotopic (exact) mass is 465 g/mol.